The summed E-state index contributed by atoms with van der Waals surface area (Å²) in [6.07, 6.45) is 4.79. The molecule has 2 rings (SSSR count). The minimum Gasteiger partial charge on any atom is -0.490 e. The molecule has 0 aliphatic heterocycles. The lowest BCUT2D eigenvalue weighted by atomic mass is 10.2. The van der Waals surface area contributed by atoms with Gasteiger partial charge in [0.15, 0.2) is 11.5 Å². The van der Waals surface area contributed by atoms with Crippen LogP contribution in [0.4, 0.5) is 0 Å². The molecule has 0 fully saturated rings. The number of rotatable bonds is 7. The Morgan fingerprint density at radius 1 is 1.00 bits per heavy atom. The van der Waals surface area contributed by atoms with Gasteiger partial charge in [-0.3, -0.25) is 0 Å². The second-order valence-electron chi connectivity index (χ2n) is 4.08. The molecule has 0 unspecified atom stereocenters. The summed E-state index contributed by atoms with van der Waals surface area (Å²) in [7, 11) is 0. The number of hydrogen-bond donors (Lipinski definition) is 0. The molecule has 0 amide bonds. The zero-order valence-electron chi connectivity index (χ0n) is 12.2. The molecule has 0 radical (unpaired) electrons. The summed E-state index contributed by atoms with van der Waals surface area (Å²) in [4.78, 5) is 0. The average Bonchev–Trinajstić information content (AvgIpc) is 3.00. The quantitative estimate of drug-likeness (QED) is 0.578. The molecule has 0 atom stereocenters. The topological polar surface area (TPSA) is 56.3 Å². The molecule has 2 aromatic rings. The van der Waals surface area contributed by atoms with Gasteiger partial charge in [-0.2, -0.15) is 10.2 Å². The highest BCUT2D eigenvalue weighted by Gasteiger charge is 2.04. The molecule has 0 aliphatic rings. The van der Waals surface area contributed by atoms with Crippen LogP contribution in [0.2, 0.25) is 0 Å². The van der Waals surface area contributed by atoms with Gasteiger partial charge in [0, 0.05) is 0 Å². The third-order valence-corrected chi connectivity index (χ3v) is 2.57. The smallest absolute Gasteiger partial charge is 0.161 e. The van der Waals surface area contributed by atoms with Crippen LogP contribution in [0.25, 0.3) is 0 Å². The summed E-state index contributed by atoms with van der Waals surface area (Å²) in [5.41, 5.74) is 0.887. The third-order valence-electron chi connectivity index (χ3n) is 2.57. The van der Waals surface area contributed by atoms with Gasteiger partial charge in [0.2, 0.25) is 0 Å². The van der Waals surface area contributed by atoms with Crippen molar-refractivity contribution in [2.45, 2.75) is 13.8 Å². The first-order valence-corrected chi connectivity index (χ1v) is 6.83. The maximum Gasteiger partial charge on any atom is 0.161 e. The lowest BCUT2D eigenvalue weighted by Crippen LogP contribution is -1.99. The van der Waals surface area contributed by atoms with Crippen LogP contribution in [-0.4, -0.2) is 25.6 Å². The van der Waals surface area contributed by atoms with Gasteiger partial charge in [-0.05, 0) is 49.7 Å². The van der Waals surface area contributed by atoms with Crippen LogP contribution in [0, 0.1) is 0 Å². The van der Waals surface area contributed by atoms with Crippen molar-refractivity contribution in [2.75, 3.05) is 13.2 Å². The molecular formula is C16H18N2O3. The standard InChI is InChI=1S/C16H18N2O3/c1-3-19-15-8-7-13(10-16(15)20-4-2)11-17-18-12-14-6-5-9-21-14/h5-12H,3-4H2,1-2H3. The Labute approximate surface area is 123 Å². The fourth-order valence-corrected chi connectivity index (χ4v) is 1.70. The fraction of sp³-hybridized carbons (Fsp3) is 0.250. The maximum atomic E-state index is 5.56. The molecule has 0 aliphatic carbocycles. The molecule has 0 saturated heterocycles. The highest BCUT2D eigenvalue weighted by atomic mass is 16.5. The number of hydrogen-bond acceptors (Lipinski definition) is 5. The van der Waals surface area contributed by atoms with Crippen LogP contribution in [0.5, 0.6) is 11.5 Å². The molecule has 0 spiro atoms. The van der Waals surface area contributed by atoms with Crippen LogP contribution in [0.1, 0.15) is 25.2 Å². The second kappa shape index (κ2) is 7.89. The maximum absolute atomic E-state index is 5.56. The fourth-order valence-electron chi connectivity index (χ4n) is 1.70. The first kappa shape index (κ1) is 14.8. The monoisotopic (exact) mass is 286 g/mol. The van der Waals surface area contributed by atoms with E-state index in [1.807, 2.05) is 38.1 Å². The Bertz CT molecular complexity index is 604. The molecule has 1 heterocycles. The molecule has 0 bridgehead atoms. The van der Waals surface area contributed by atoms with E-state index in [-0.39, 0.29) is 0 Å². The van der Waals surface area contributed by atoms with Crippen LogP contribution in [0.3, 0.4) is 0 Å². The van der Waals surface area contributed by atoms with Crippen molar-refractivity contribution in [3.05, 3.63) is 47.9 Å². The summed E-state index contributed by atoms with van der Waals surface area (Å²) in [5.74, 6) is 2.10. The number of ether oxygens (including phenoxy) is 2. The highest BCUT2D eigenvalue weighted by Crippen LogP contribution is 2.27. The van der Waals surface area contributed by atoms with E-state index in [0.29, 0.717) is 24.7 Å². The van der Waals surface area contributed by atoms with Gasteiger partial charge in [0.05, 0.1) is 31.9 Å². The minimum absolute atomic E-state index is 0.581. The zero-order valence-corrected chi connectivity index (χ0v) is 12.2. The van der Waals surface area contributed by atoms with Crippen molar-refractivity contribution in [3.8, 4) is 11.5 Å². The summed E-state index contributed by atoms with van der Waals surface area (Å²) >= 11 is 0. The van der Waals surface area contributed by atoms with Crippen molar-refractivity contribution in [3.63, 3.8) is 0 Å². The van der Waals surface area contributed by atoms with Crippen molar-refractivity contribution in [2.24, 2.45) is 10.2 Å². The largest absolute Gasteiger partial charge is 0.490 e. The highest BCUT2D eigenvalue weighted by molar-refractivity contribution is 5.82. The van der Waals surface area contributed by atoms with Gasteiger partial charge in [0.1, 0.15) is 5.76 Å². The lowest BCUT2D eigenvalue weighted by molar-refractivity contribution is 0.288. The van der Waals surface area contributed by atoms with E-state index in [0.717, 1.165) is 11.3 Å². The molecule has 110 valence electrons. The van der Waals surface area contributed by atoms with Gasteiger partial charge in [-0.15, -0.1) is 0 Å². The van der Waals surface area contributed by atoms with Crippen molar-refractivity contribution in [1.29, 1.82) is 0 Å². The molecule has 0 saturated carbocycles. The van der Waals surface area contributed by atoms with Crippen LogP contribution < -0.4 is 9.47 Å². The van der Waals surface area contributed by atoms with E-state index in [1.54, 1.807) is 24.8 Å². The summed E-state index contributed by atoms with van der Waals surface area (Å²) in [6, 6.07) is 9.25. The molecular weight excluding hydrogens is 268 g/mol. The van der Waals surface area contributed by atoms with Crippen LogP contribution >= 0.6 is 0 Å². The van der Waals surface area contributed by atoms with E-state index < -0.39 is 0 Å². The van der Waals surface area contributed by atoms with Gasteiger partial charge in [-0.1, -0.05) is 0 Å². The first-order chi connectivity index (χ1) is 10.3. The molecule has 21 heavy (non-hydrogen) atoms. The molecule has 1 aromatic carbocycles. The zero-order chi connectivity index (χ0) is 14.9. The predicted octanol–water partition coefficient (Wildman–Crippen LogP) is 3.53. The Hall–Kier alpha value is -2.56. The van der Waals surface area contributed by atoms with Gasteiger partial charge < -0.3 is 13.9 Å². The Kier molecular flexibility index (Phi) is 5.58. The van der Waals surface area contributed by atoms with Gasteiger partial charge in [-0.25, -0.2) is 0 Å². The minimum atomic E-state index is 0.581. The van der Waals surface area contributed by atoms with Gasteiger partial charge in [0.25, 0.3) is 0 Å². The third kappa shape index (κ3) is 4.49. The van der Waals surface area contributed by atoms with Crippen LogP contribution in [0.15, 0.2) is 51.2 Å². The summed E-state index contributed by atoms with van der Waals surface area (Å²) in [5, 5.41) is 7.90. The van der Waals surface area contributed by atoms with Crippen molar-refractivity contribution < 1.29 is 13.9 Å². The Balaban J connectivity index is 2.07. The Morgan fingerprint density at radius 2 is 1.76 bits per heavy atom. The van der Waals surface area contributed by atoms with E-state index in [2.05, 4.69) is 10.2 Å². The van der Waals surface area contributed by atoms with Gasteiger partial charge >= 0.3 is 0 Å². The first-order valence-electron chi connectivity index (χ1n) is 6.83. The molecule has 5 heteroatoms. The second-order valence-corrected chi connectivity index (χ2v) is 4.08. The normalized spacial score (nSPS) is 11.3. The average molecular weight is 286 g/mol. The number of benzene rings is 1. The summed E-state index contributed by atoms with van der Waals surface area (Å²) in [6.45, 7) is 5.05. The van der Waals surface area contributed by atoms with Crippen molar-refractivity contribution in [1.82, 2.24) is 0 Å². The number of nitrogens with zero attached hydrogens (tertiary/aromatic N) is 2. The molecule has 1 aromatic heterocycles. The van der Waals surface area contributed by atoms with E-state index in [4.69, 9.17) is 13.9 Å². The number of furan rings is 1. The summed E-state index contributed by atoms with van der Waals surface area (Å²) < 4.78 is 16.2. The van der Waals surface area contributed by atoms with E-state index in [1.165, 1.54) is 0 Å². The van der Waals surface area contributed by atoms with Crippen molar-refractivity contribution >= 4 is 12.4 Å². The Morgan fingerprint density at radius 3 is 2.48 bits per heavy atom. The molecule has 0 N–H and O–H groups in total. The SMILES string of the molecule is CCOc1ccc(C=NN=Cc2ccco2)cc1OCC. The predicted molar refractivity (Wildman–Crippen MR) is 82.7 cm³/mol. The van der Waals surface area contributed by atoms with E-state index in [9.17, 15) is 0 Å². The molecule has 5 nitrogen and oxygen atoms in total. The lowest BCUT2D eigenvalue weighted by Gasteiger charge is -2.10. The van der Waals surface area contributed by atoms with E-state index >= 15 is 0 Å². The van der Waals surface area contributed by atoms with Crippen LogP contribution in [-0.2, 0) is 0 Å².